The van der Waals surface area contributed by atoms with Crippen LogP contribution in [0.1, 0.15) is 47.0 Å². The normalized spacial score (nSPS) is 12.3. The molecular weight excluding hydrogens is 164 g/mol. The van der Waals surface area contributed by atoms with Crippen molar-refractivity contribution in [3.63, 3.8) is 0 Å². The van der Waals surface area contributed by atoms with Gasteiger partial charge in [-0.15, -0.1) is 0 Å². The van der Waals surface area contributed by atoms with Gasteiger partial charge in [-0.1, -0.05) is 25.8 Å². The molecule has 0 aromatic heterocycles. The van der Waals surface area contributed by atoms with Crippen molar-refractivity contribution in [1.29, 1.82) is 0 Å². The Kier molecular flexibility index (Phi) is 6.29. The molecule has 0 saturated carbocycles. The topological polar surface area (TPSA) is 26.3 Å². The minimum atomic E-state index is -0.159. The van der Waals surface area contributed by atoms with Crippen LogP contribution in [0.3, 0.4) is 0 Å². The molecule has 76 valence electrons. The van der Waals surface area contributed by atoms with Gasteiger partial charge in [0.05, 0.1) is 6.61 Å². The number of carbonyl (C=O) groups is 1. The van der Waals surface area contributed by atoms with Crippen molar-refractivity contribution in [3.05, 3.63) is 11.1 Å². The fourth-order valence-electron chi connectivity index (χ4n) is 1.31. The van der Waals surface area contributed by atoms with Crippen molar-refractivity contribution in [2.75, 3.05) is 6.61 Å². The van der Waals surface area contributed by atoms with Crippen LogP contribution in [0.25, 0.3) is 0 Å². The first-order chi connectivity index (χ1) is 6.17. The van der Waals surface area contributed by atoms with Gasteiger partial charge in [-0.3, -0.25) is 0 Å². The van der Waals surface area contributed by atoms with Gasteiger partial charge in [0, 0.05) is 5.57 Å². The van der Waals surface area contributed by atoms with Crippen LogP contribution in [0, 0.1) is 0 Å². The van der Waals surface area contributed by atoms with Crippen LogP contribution in [0.5, 0.6) is 0 Å². The molecule has 0 atom stereocenters. The van der Waals surface area contributed by atoms with E-state index in [4.69, 9.17) is 4.74 Å². The summed E-state index contributed by atoms with van der Waals surface area (Å²) in [6.45, 7) is 8.34. The van der Waals surface area contributed by atoms with E-state index in [1.165, 1.54) is 5.57 Å². The summed E-state index contributed by atoms with van der Waals surface area (Å²) in [5, 5.41) is 0. The molecule has 0 aliphatic rings. The minimum Gasteiger partial charge on any atom is -0.463 e. The van der Waals surface area contributed by atoms with Crippen LogP contribution in [0.2, 0.25) is 0 Å². The summed E-state index contributed by atoms with van der Waals surface area (Å²) in [5.41, 5.74) is 2.02. The molecule has 13 heavy (non-hydrogen) atoms. The number of allylic oxidation sites excluding steroid dienone is 1. The number of carbonyl (C=O) groups excluding carboxylic acids is 1. The van der Waals surface area contributed by atoms with E-state index in [2.05, 4.69) is 13.8 Å². The third-order valence-corrected chi connectivity index (χ3v) is 2.09. The maximum atomic E-state index is 11.3. The molecule has 0 N–H and O–H groups in total. The number of rotatable bonds is 5. The third-order valence-electron chi connectivity index (χ3n) is 2.09. The lowest BCUT2D eigenvalue weighted by Gasteiger charge is -2.08. The predicted molar refractivity (Wildman–Crippen MR) is 54.5 cm³/mol. The molecule has 0 aromatic carbocycles. The van der Waals surface area contributed by atoms with Crippen LogP contribution >= 0.6 is 0 Å². The van der Waals surface area contributed by atoms with Gasteiger partial charge < -0.3 is 4.74 Å². The molecule has 2 nitrogen and oxygen atoms in total. The standard InChI is InChI=1S/C11H20O2/c1-5-8-10(6-2)9(4)11(12)13-7-3/h5-8H2,1-4H3. The van der Waals surface area contributed by atoms with Crippen molar-refractivity contribution in [2.45, 2.75) is 47.0 Å². The molecule has 0 rings (SSSR count). The summed E-state index contributed by atoms with van der Waals surface area (Å²) in [5.74, 6) is -0.159. The second-order valence-corrected chi connectivity index (χ2v) is 3.05. The molecule has 0 radical (unpaired) electrons. The predicted octanol–water partition coefficient (Wildman–Crippen LogP) is 3.08. The third kappa shape index (κ3) is 4.11. The van der Waals surface area contributed by atoms with E-state index < -0.39 is 0 Å². The van der Waals surface area contributed by atoms with Crippen LogP contribution in [0.15, 0.2) is 11.1 Å². The number of hydrogen-bond donors (Lipinski definition) is 0. The first-order valence-corrected chi connectivity index (χ1v) is 5.03. The number of esters is 1. The summed E-state index contributed by atoms with van der Waals surface area (Å²) in [6, 6.07) is 0. The smallest absolute Gasteiger partial charge is 0.333 e. The van der Waals surface area contributed by atoms with E-state index in [0.29, 0.717) is 6.61 Å². The van der Waals surface area contributed by atoms with Crippen LogP contribution < -0.4 is 0 Å². The summed E-state index contributed by atoms with van der Waals surface area (Å²) in [7, 11) is 0. The lowest BCUT2D eigenvalue weighted by atomic mass is 10.0. The maximum Gasteiger partial charge on any atom is 0.333 e. The van der Waals surface area contributed by atoms with Gasteiger partial charge in [-0.25, -0.2) is 4.79 Å². The van der Waals surface area contributed by atoms with E-state index >= 15 is 0 Å². The van der Waals surface area contributed by atoms with Crippen LogP contribution in [-0.4, -0.2) is 12.6 Å². The van der Waals surface area contributed by atoms with Gasteiger partial charge >= 0.3 is 5.97 Å². The summed E-state index contributed by atoms with van der Waals surface area (Å²) >= 11 is 0. The molecular formula is C11H20O2. The molecule has 2 heteroatoms. The molecule has 0 spiro atoms. The first kappa shape index (κ1) is 12.2. The fraction of sp³-hybridized carbons (Fsp3) is 0.727. The van der Waals surface area contributed by atoms with E-state index in [9.17, 15) is 4.79 Å². The highest BCUT2D eigenvalue weighted by atomic mass is 16.5. The van der Waals surface area contributed by atoms with Crippen LogP contribution in [-0.2, 0) is 9.53 Å². The van der Waals surface area contributed by atoms with Crippen molar-refractivity contribution in [1.82, 2.24) is 0 Å². The number of hydrogen-bond acceptors (Lipinski definition) is 2. The molecule has 0 saturated heterocycles. The molecule has 0 heterocycles. The highest BCUT2D eigenvalue weighted by molar-refractivity contribution is 5.88. The van der Waals surface area contributed by atoms with E-state index in [1.54, 1.807) is 0 Å². The fourth-order valence-corrected chi connectivity index (χ4v) is 1.31. The van der Waals surface area contributed by atoms with E-state index in [1.807, 2.05) is 13.8 Å². The highest BCUT2D eigenvalue weighted by Crippen LogP contribution is 2.15. The molecule has 0 aliphatic heterocycles. The second-order valence-electron chi connectivity index (χ2n) is 3.05. The lowest BCUT2D eigenvalue weighted by molar-refractivity contribution is -0.138. The summed E-state index contributed by atoms with van der Waals surface area (Å²) in [6.07, 6.45) is 3.03. The Morgan fingerprint density at radius 2 is 1.85 bits per heavy atom. The lowest BCUT2D eigenvalue weighted by Crippen LogP contribution is -2.07. The zero-order chi connectivity index (χ0) is 10.3. The Bertz CT molecular complexity index is 192. The zero-order valence-electron chi connectivity index (χ0n) is 9.14. The van der Waals surface area contributed by atoms with Gasteiger partial charge in [0.1, 0.15) is 0 Å². The average Bonchev–Trinajstić information content (AvgIpc) is 2.13. The SMILES string of the molecule is CCCC(CC)=C(C)C(=O)OCC. The average molecular weight is 184 g/mol. The first-order valence-electron chi connectivity index (χ1n) is 5.03. The minimum absolute atomic E-state index is 0.159. The molecule has 0 aromatic rings. The maximum absolute atomic E-state index is 11.3. The van der Waals surface area contributed by atoms with Crippen molar-refractivity contribution >= 4 is 5.97 Å². The van der Waals surface area contributed by atoms with E-state index in [-0.39, 0.29) is 5.97 Å². The Morgan fingerprint density at radius 1 is 1.23 bits per heavy atom. The van der Waals surface area contributed by atoms with Crippen molar-refractivity contribution in [2.24, 2.45) is 0 Å². The Balaban J connectivity index is 4.43. The second kappa shape index (κ2) is 6.70. The number of ether oxygens (including phenoxy) is 1. The van der Waals surface area contributed by atoms with Gasteiger partial charge in [0.25, 0.3) is 0 Å². The molecule has 0 bridgehead atoms. The van der Waals surface area contributed by atoms with Gasteiger partial charge in [-0.2, -0.15) is 0 Å². The van der Waals surface area contributed by atoms with Crippen molar-refractivity contribution in [3.8, 4) is 0 Å². The van der Waals surface area contributed by atoms with E-state index in [0.717, 1.165) is 24.8 Å². The molecule has 0 amide bonds. The largest absolute Gasteiger partial charge is 0.463 e. The zero-order valence-corrected chi connectivity index (χ0v) is 9.14. The van der Waals surface area contributed by atoms with Crippen molar-refractivity contribution < 1.29 is 9.53 Å². The molecule has 0 fully saturated rings. The summed E-state index contributed by atoms with van der Waals surface area (Å²) < 4.78 is 4.94. The Labute approximate surface area is 81.0 Å². The Hall–Kier alpha value is -0.790. The van der Waals surface area contributed by atoms with Gasteiger partial charge in [0.2, 0.25) is 0 Å². The monoisotopic (exact) mass is 184 g/mol. The van der Waals surface area contributed by atoms with Gasteiger partial charge in [-0.05, 0) is 26.7 Å². The Morgan fingerprint density at radius 3 is 2.23 bits per heavy atom. The van der Waals surface area contributed by atoms with Crippen LogP contribution in [0.4, 0.5) is 0 Å². The highest BCUT2D eigenvalue weighted by Gasteiger charge is 2.09. The quantitative estimate of drug-likeness (QED) is 0.485. The molecule has 0 unspecified atom stereocenters. The van der Waals surface area contributed by atoms with Gasteiger partial charge in [0.15, 0.2) is 0 Å². The molecule has 0 aliphatic carbocycles. The summed E-state index contributed by atoms with van der Waals surface area (Å²) in [4.78, 5) is 11.3.